The van der Waals surface area contributed by atoms with Crippen molar-refractivity contribution in [2.45, 2.75) is 45.1 Å². The van der Waals surface area contributed by atoms with Crippen molar-refractivity contribution in [2.24, 2.45) is 17.3 Å². The van der Waals surface area contributed by atoms with Crippen molar-refractivity contribution >= 4 is 15.9 Å². The van der Waals surface area contributed by atoms with Gasteiger partial charge < -0.3 is 5.11 Å². The van der Waals surface area contributed by atoms with Crippen molar-refractivity contribution in [3.05, 3.63) is 0 Å². The van der Waals surface area contributed by atoms with E-state index in [1.54, 1.807) is 0 Å². The second-order valence-electron chi connectivity index (χ2n) is 5.25. The molecule has 0 radical (unpaired) electrons. The summed E-state index contributed by atoms with van der Waals surface area (Å²) in [5.41, 5.74) is -0.0818. The lowest BCUT2D eigenvalue weighted by Crippen LogP contribution is -2.38. The Morgan fingerprint density at radius 3 is 2.59 bits per heavy atom. The summed E-state index contributed by atoms with van der Waals surface area (Å²) >= 11 is 3.28. The molecule has 1 aliphatic rings. The van der Waals surface area contributed by atoms with E-state index >= 15 is 0 Å². The minimum absolute atomic E-state index is 0.0818. The van der Waals surface area contributed by atoms with Crippen LogP contribution in [0.5, 0.6) is 0 Å². The molecule has 0 saturated heterocycles. The van der Waals surface area contributed by atoms with Crippen molar-refractivity contribution in [2.75, 3.05) is 5.33 Å². The van der Waals surface area contributed by atoms with Crippen molar-refractivity contribution in [1.29, 1.82) is 10.5 Å². The zero-order chi connectivity index (χ0) is 12.9. The van der Waals surface area contributed by atoms with E-state index in [1.165, 1.54) is 0 Å². The number of nitrogens with zero attached hydrogens (tertiary/aromatic N) is 2. The number of rotatable bonds is 4. The number of hydrogen-bond acceptors (Lipinski definition) is 3. The lowest BCUT2D eigenvalue weighted by atomic mass is 9.61. The third-order valence-corrected chi connectivity index (χ3v) is 4.72. The number of halogens is 1. The fraction of sp³-hybridized carbons (Fsp3) is 0.846. The molecule has 0 amide bonds. The van der Waals surface area contributed by atoms with Crippen molar-refractivity contribution in [1.82, 2.24) is 0 Å². The predicted octanol–water partition coefficient (Wildman–Crippen LogP) is 2.99. The third kappa shape index (κ3) is 3.44. The molecule has 1 N–H and O–H groups in total. The van der Waals surface area contributed by atoms with Crippen LogP contribution in [0.15, 0.2) is 0 Å². The highest BCUT2D eigenvalue weighted by molar-refractivity contribution is 9.09. The summed E-state index contributed by atoms with van der Waals surface area (Å²) in [6, 6.07) is 4.23. The van der Waals surface area contributed by atoms with Crippen LogP contribution in [-0.4, -0.2) is 16.5 Å². The van der Waals surface area contributed by atoms with Gasteiger partial charge in [0.2, 0.25) is 0 Å². The van der Waals surface area contributed by atoms with Crippen LogP contribution in [0.4, 0.5) is 0 Å². The molecule has 0 unspecified atom stereocenters. The molecule has 3 nitrogen and oxygen atoms in total. The minimum atomic E-state index is -0.539. The van der Waals surface area contributed by atoms with Crippen LogP contribution in [0.1, 0.15) is 39.0 Å². The monoisotopic (exact) mass is 298 g/mol. The molecule has 1 fully saturated rings. The number of alkyl halides is 1. The standard InChI is InChI=1S/C13H19BrN2O/c1-13(6-11(17)7-14)5-3-2-4-12(13)10(8-15)9-16/h10-12,17H,2-7H2,1H3/t11-,12-,13+/m0/s1. The summed E-state index contributed by atoms with van der Waals surface area (Å²) in [5, 5.41) is 28.5. The van der Waals surface area contributed by atoms with E-state index in [-0.39, 0.29) is 11.3 Å². The summed E-state index contributed by atoms with van der Waals surface area (Å²) in [6.07, 6.45) is 4.43. The largest absolute Gasteiger partial charge is 0.392 e. The smallest absolute Gasteiger partial charge is 0.136 e. The SMILES string of the molecule is C[C@]1(C[C@H](O)CBr)CCCC[C@H]1C(C#N)C#N. The van der Waals surface area contributed by atoms with E-state index in [0.29, 0.717) is 11.8 Å². The van der Waals surface area contributed by atoms with Gasteiger partial charge in [0.1, 0.15) is 5.92 Å². The van der Waals surface area contributed by atoms with E-state index < -0.39 is 12.0 Å². The van der Waals surface area contributed by atoms with Crippen LogP contribution in [0.25, 0.3) is 0 Å². The fourth-order valence-corrected chi connectivity index (χ4v) is 3.28. The Kier molecular flexibility index (Phi) is 5.43. The Bertz CT molecular complexity index is 319. The second kappa shape index (κ2) is 6.38. The van der Waals surface area contributed by atoms with Gasteiger partial charge in [0, 0.05) is 5.33 Å². The summed E-state index contributed by atoms with van der Waals surface area (Å²) in [7, 11) is 0. The highest BCUT2D eigenvalue weighted by Gasteiger charge is 2.42. The average molecular weight is 299 g/mol. The maximum Gasteiger partial charge on any atom is 0.136 e. The van der Waals surface area contributed by atoms with Crippen LogP contribution in [0, 0.1) is 39.9 Å². The maximum absolute atomic E-state index is 9.81. The summed E-state index contributed by atoms with van der Waals surface area (Å²) in [5.74, 6) is -0.442. The first-order chi connectivity index (χ1) is 8.07. The zero-order valence-corrected chi connectivity index (χ0v) is 11.8. The van der Waals surface area contributed by atoms with Gasteiger partial charge in [0.25, 0.3) is 0 Å². The average Bonchev–Trinajstić information content (AvgIpc) is 2.32. The normalized spacial score (nSPS) is 30.6. The molecule has 3 atom stereocenters. The lowest BCUT2D eigenvalue weighted by molar-refractivity contribution is 0.0373. The number of aliphatic hydroxyl groups excluding tert-OH is 1. The molecule has 0 aliphatic heterocycles. The van der Waals surface area contributed by atoms with E-state index in [0.717, 1.165) is 25.7 Å². The van der Waals surface area contributed by atoms with Gasteiger partial charge in [-0.1, -0.05) is 35.7 Å². The highest BCUT2D eigenvalue weighted by Crippen LogP contribution is 2.47. The van der Waals surface area contributed by atoms with Gasteiger partial charge in [-0.2, -0.15) is 10.5 Å². The molecular formula is C13H19BrN2O. The first kappa shape index (κ1) is 14.5. The molecule has 0 aromatic rings. The van der Waals surface area contributed by atoms with Crippen LogP contribution in [0.2, 0.25) is 0 Å². The molecule has 1 saturated carbocycles. The van der Waals surface area contributed by atoms with Crippen molar-refractivity contribution in [3.63, 3.8) is 0 Å². The summed E-state index contributed by atoms with van der Waals surface area (Å²) in [4.78, 5) is 0. The van der Waals surface area contributed by atoms with E-state index in [1.807, 2.05) is 0 Å². The van der Waals surface area contributed by atoms with Crippen LogP contribution < -0.4 is 0 Å². The molecule has 1 aliphatic carbocycles. The topological polar surface area (TPSA) is 67.8 Å². The number of hydrogen-bond donors (Lipinski definition) is 1. The summed E-state index contributed by atoms with van der Waals surface area (Å²) < 4.78 is 0. The quantitative estimate of drug-likeness (QED) is 0.811. The number of nitriles is 2. The van der Waals surface area contributed by atoms with Gasteiger partial charge in [0.05, 0.1) is 18.2 Å². The molecule has 0 bridgehead atoms. The lowest BCUT2D eigenvalue weighted by Gasteiger charge is -2.43. The fourth-order valence-electron chi connectivity index (χ4n) is 3.05. The zero-order valence-electron chi connectivity index (χ0n) is 10.2. The van der Waals surface area contributed by atoms with Gasteiger partial charge in [-0.15, -0.1) is 0 Å². The third-order valence-electron chi connectivity index (χ3n) is 3.97. The molecule has 0 spiro atoms. The van der Waals surface area contributed by atoms with E-state index in [9.17, 15) is 5.11 Å². The van der Waals surface area contributed by atoms with Crippen LogP contribution in [0.3, 0.4) is 0 Å². The Morgan fingerprint density at radius 2 is 2.06 bits per heavy atom. The molecule has 94 valence electrons. The van der Waals surface area contributed by atoms with Crippen molar-refractivity contribution in [3.8, 4) is 12.1 Å². The van der Waals surface area contributed by atoms with Gasteiger partial charge in [-0.3, -0.25) is 0 Å². The van der Waals surface area contributed by atoms with Gasteiger partial charge in [0.15, 0.2) is 0 Å². The van der Waals surface area contributed by atoms with Gasteiger partial charge in [-0.25, -0.2) is 0 Å². The highest BCUT2D eigenvalue weighted by atomic mass is 79.9. The summed E-state index contributed by atoms with van der Waals surface area (Å²) in [6.45, 7) is 2.12. The maximum atomic E-state index is 9.81. The predicted molar refractivity (Wildman–Crippen MR) is 69.2 cm³/mol. The van der Waals surface area contributed by atoms with Crippen LogP contribution >= 0.6 is 15.9 Å². The molecular weight excluding hydrogens is 280 g/mol. The van der Waals surface area contributed by atoms with Crippen LogP contribution in [-0.2, 0) is 0 Å². The Labute approximate surface area is 112 Å². The molecule has 0 aromatic heterocycles. The Morgan fingerprint density at radius 1 is 1.41 bits per heavy atom. The molecule has 17 heavy (non-hydrogen) atoms. The second-order valence-corrected chi connectivity index (χ2v) is 5.90. The Hall–Kier alpha value is -0.580. The van der Waals surface area contributed by atoms with E-state index in [4.69, 9.17) is 10.5 Å². The molecule has 4 heteroatoms. The molecule has 0 aromatic carbocycles. The van der Waals surface area contributed by atoms with E-state index in [2.05, 4.69) is 35.0 Å². The first-order valence-corrected chi connectivity index (χ1v) is 7.23. The molecule has 0 heterocycles. The van der Waals surface area contributed by atoms with Crippen molar-refractivity contribution < 1.29 is 5.11 Å². The van der Waals surface area contributed by atoms with Gasteiger partial charge >= 0.3 is 0 Å². The first-order valence-electron chi connectivity index (χ1n) is 6.10. The number of aliphatic hydroxyl groups is 1. The Balaban J connectivity index is 2.85. The van der Waals surface area contributed by atoms with Gasteiger partial charge in [-0.05, 0) is 30.6 Å². The molecule has 1 rings (SSSR count). The minimum Gasteiger partial charge on any atom is -0.392 e.